The number of carbonyl (C=O) groups excluding carboxylic acids is 1. The van der Waals surface area contributed by atoms with E-state index < -0.39 is 0 Å². The standard InChI is InChI=1S/C18H25N3O/c1-19-11-13-20(14-12-19)15-18(22)21-9-7-17(8-10-21)16-5-3-2-4-6-16/h2-7H,8-15H2,1H3. The van der Waals surface area contributed by atoms with E-state index in [0.717, 1.165) is 45.7 Å². The molecule has 2 heterocycles. The highest BCUT2D eigenvalue weighted by Gasteiger charge is 2.22. The van der Waals surface area contributed by atoms with E-state index in [0.29, 0.717) is 6.54 Å². The van der Waals surface area contributed by atoms with Gasteiger partial charge in [-0.15, -0.1) is 0 Å². The summed E-state index contributed by atoms with van der Waals surface area (Å²) in [5, 5.41) is 0. The third-order valence-corrected chi connectivity index (χ3v) is 4.66. The summed E-state index contributed by atoms with van der Waals surface area (Å²) in [4.78, 5) is 19.0. The van der Waals surface area contributed by atoms with Crippen LogP contribution in [0.2, 0.25) is 0 Å². The lowest BCUT2D eigenvalue weighted by Gasteiger charge is -2.34. The van der Waals surface area contributed by atoms with Crippen LogP contribution in [0.4, 0.5) is 0 Å². The van der Waals surface area contributed by atoms with Crippen molar-refractivity contribution in [2.24, 2.45) is 0 Å². The van der Waals surface area contributed by atoms with E-state index in [1.54, 1.807) is 0 Å². The normalized spacial score (nSPS) is 20.8. The first-order valence-corrected chi connectivity index (χ1v) is 8.15. The average molecular weight is 299 g/mol. The van der Waals surface area contributed by atoms with Crippen molar-refractivity contribution < 1.29 is 4.79 Å². The fourth-order valence-electron chi connectivity index (χ4n) is 3.11. The van der Waals surface area contributed by atoms with Gasteiger partial charge in [0, 0.05) is 39.3 Å². The molecule has 0 N–H and O–H groups in total. The predicted octanol–water partition coefficient (Wildman–Crippen LogP) is 1.55. The number of benzene rings is 1. The molecule has 0 spiro atoms. The minimum absolute atomic E-state index is 0.271. The predicted molar refractivity (Wildman–Crippen MR) is 89.6 cm³/mol. The van der Waals surface area contributed by atoms with Crippen LogP contribution in [0.5, 0.6) is 0 Å². The van der Waals surface area contributed by atoms with Gasteiger partial charge in [-0.3, -0.25) is 9.69 Å². The number of likely N-dealkylation sites (N-methyl/N-ethyl adjacent to an activating group) is 1. The topological polar surface area (TPSA) is 26.8 Å². The lowest BCUT2D eigenvalue weighted by Crippen LogP contribution is -2.49. The quantitative estimate of drug-likeness (QED) is 0.847. The molecule has 1 amide bonds. The zero-order valence-corrected chi connectivity index (χ0v) is 13.4. The Morgan fingerprint density at radius 2 is 1.77 bits per heavy atom. The van der Waals surface area contributed by atoms with Crippen molar-refractivity contribution in [2.75, 3.05) is 52.9 Å². The first kappa shape index (κ1) is 15.3. The fourth-order valence-corrected chi connectivity index (χ4v) is 3.11. The van der Waals surface area contributed by atoms with Crippen molar-refractivity contribution >= 4 is 11.5 Å². The second kappa shape index (κ2) is 7.07. The van der Waals surface area contributed by atoms with Gasteiger partial charge in [-0.25, -0.2) is 0 Å². The third-order valence-electron chi connectivity index (χ3n) is 4.66. The summed E-state index contributed by atoms with van der Waals surface area (Å²) >= 11 is 0. The Bertz CT molecular complexity index is 533. The number of hydrogen-bond acceptors (Lipinski definition) is 3. The Labute approximate surface area is 133 Å². The van der Waals surface area contributed by atoms with Crippen LogP contribution in [0.15, 0.2) is 36.4 Å². The summed E-state index contributed by atoms with van der Waals surface area (Å²) in [6.45, 7) is 6.28. The molecular weight excluding hydrogens is 274 g/mol. The van der Waals surface area contributed by atoms with E-state index in [4.69, 9.17) is 0 Å². The Hall–Kier alpha value is -1.65. The highest BCUT2D eigenvalue weighted by Crippen LogP contribution is 2.22. The maximum absolute atomic E-state index is 12.4. The van der Waals surface area contributed by atoms with Crippen LogP contribution < -0.4 is 0 Å². The van der Waals surface area contributed by atoms with Gasteiger partial charge in [0.2, 0.25) is 5.91 Å². The molecule has 0 bridgehead atoms. The Kier molecular flexibility index (Phi) is 4.90. The van der Waals surface area contributed by atoms with Crippen molar-refractivity contribution in [3.8, 4) is 0 Å². The molecule has 2 aliphatic rings. The molecule has 1 saturated heterocycles. The molecule has 1 aromatic rings. The highest BCUT2D eigenvalue weighted by atomic mass is 16.2. The number of hydrogen-bond donors (Lipinski definition) is 0. The number of nitrogens with zero attached hydrogens (tertiary/aromatic N) is 3. The summed E-state index contributed by atoms with van der Waals surface area (Å²) in [5.41, 5.74) is 2.65. The Morgan fingerprint density at radius 1 is 1.05 bits per heavy atom. The first-order valence-electron chi connectivity index (χ1n) is 8.15. The van der Waals surface area contributed by atoms with Gasteiger partial charge < -0.3 is 9.80 Å². The maximum Gasteiger partial charge on any atom is 0.237 e. The zero-order valence-electron chi connectivity index (χ0n) is 13.4. The summed E-state index contributed by atoms with van der Waals surface area (Å²) in [7, 11) is 2.14. The summed E-state index contributed by atoms with van der Waals surface area (Å²) in [6.07, 6.45) is 3.17. The van der Waals surface area contributed by atoms with Gasteiger partial charge in [0.1, 0.15) is 0 Å². The summed E-state index contributed by atoms with van der Waals surface area (Å²) in [6, 6.07) is 10.5. The van der Waals surface area contributed by atoms with Crippen LogP contribution in [-0.2, 0) is 4.79 Å². The van der Waals surface area contributed by atoms with Gasteiger partial charge in [-0.05, 0) is 24.6 Å². The van der Waals surface area contributed by atoms with Crippen LogP contribution >= 0.6 is 0 Å². The second-order valence-corrected chi connectivity index (χ2v) is 6.26. The van der Waals surface area contributed by atoms with Crippen LogP contribution in [0, 0.1) is 0 Å². The summed E-state index contributed by atoms with van der Waals surface area (Å²) in [5.74, 6) is 0.271. The molecule has 4 heteroatoms. The second-order valence-electron chi connectivity index (χ2n) is 6.26. The molecule has 1 fully saturated rings. The largest absolute Gasteiger partial charge is 0.338 e. The van der Waals surface area contributed by atoms with Gasteiger partial charge in [0.05, 0.1) is 6.54 Å². The van der Waals surface area contributed by atoms with Crippen molar-refractivity contribution in [1.82, 2.24) is 14.7 Å². The van der Waals surface area contributed by atoms with E-state index in [1.807, 2.05) is 11.0 Å². The molecule has 22 heavy (non-hydrogen) atoms. The van der Waals surface area contributed by atoms with Gasteiger partial charge in [-0.2, -0.15) is 0 Å². The molecule has 3 rings (SSSR count). The molecule has 0 aliphatic carbocycles. The van der Waals surface area contributed by atoms with E-state index >= 15 is 0 Å². The SMILES string of the molecule is CN1CCN(CC(=O)N2CC=C(c3ccccc3)CC2)CC1. The highest BCUT2D eigenvalue weighted by molar-refractivity contribution is 5.80. The summed E-state index contributed by atoms with van der Waals surface area (Å²) < 4.78 is 0. The smallest absolute Gasteiger partial charge is 0.237 e. The van der Waals surface area contributed by atoms with Crippen LogP contribution in [-0.4, -0.2) is 73.5 Å². The van der Waals surface area contributed by atoms with Gasteiger partial charge >= 0.3 is 0 Å². The zero-order chi connectivity index (χ0) is 15.4. The lowest BCUT2D eigenvalue weighted by molar-refractivity contribution is -0.132. The van der Waals surface area contributed by atoms with Crippen molar-refractivity contribution in [3.63, 3.8) is 0 Å². The first-order chi connectivity index (χ1) is 10.7. The van der Waals surface area contributed by atoms with Gasteiger partial charge in [-0.1, -0.05) is 36.4 Å². The average Bonchev–Trinajstić information content (AvgIpc) is 2.58. The fraction of sp³-hybridized carbons (Fsp3) is 0.500. The third kappa shape index (κ3) is 3.76. The monoisotopic (exact) mass is 299 g/mol. The maximum atomic E-state index is 12.4. The number of amides is 1. The Balaban J connectivity index is 1.52. The number of rotatable bonds is 3. The number of carbonyl (C=O) groups is 1. The van der Waals surface area contributed by atoms with Crippen molar-refractivity contribution in [3.05, 3.63) is 42.0 Å². The molecule has 0 atom stereocenters. The van der Waals surface area contributed by atoms with Crippen LogP contribution in [0.1, 0.15) is 12.0 Å². The molecule has 2 aliphatic heterocycles. The molecule has 0 aromatic heterocycles. The Morgan fingerprint density at radius 3 is 2.41 bits per heavy atom. The molecule has 4 nitrogen and oxygen atoms in total. The number of piperazine rings is 1. The molecular formula is C18H25N3O. The molecule has 1 aromatic carbocycles. The van der Waals surface area contributed by atoms with Crippen molar-refractivity contribution in [1.29, 1.82) is 0 Å². The van der Waals surface area contributed by atoms with E-state index in [2.05, 4.69) is 47.2 Å². The molecule has 0 saturated carbocycles. The van der Waals surface area contributed by atoms with E-state index in [1.165, 1.54) is 11.1 Å². The minimum atomic E-state index is 0.271. The molecule has 0 unspecified atom stereocenters. The van der Waals surface area contributed by atoms with Gasteiger partial charge in [0.15, 0.2) is 0 Å². The lowest BCUT2D eigenvalue weighted by atomic mass is 9.99. The molecule has 118 valence electrons. The minimum Gasteiger partial charge on any atom is -0.338 e. The van der Waals surface area contributed by atoms with E-state index in [-0.39, 0.29) is 5.91 Å². The van der Waals surface area contributed by atoms with Crippen molar-refractivity contribution in [2.45, 2.75) is 6.42 Å². The van der Waals surface area contributed by atoms with Crippen LogP contribution in [0.25, 0.3) is 5.57 Å². The van der Waals surface area contributed by atoms with Crippen LogP contribution in [0.3, 0.4) is 0 Å². The van der Waals surface area contributed by atoms with Gasteiger partial charge in [0.25, 0.3) is 0 Å². The molecule has 0 radical (unpaired) electrons. The van der Waals surface area contributed by atoms with E-state index in [9.17, 15) is 4.79 Å².